The Bertz CT molecular complexity index is 2270. The Morgan fingerprint density at radius 3 is 0.845 bits per heavy atom. The SMILES string of the molecule is CN1CCN(C)CC(CC(C)(C)C)N(CC(=O)O)CCN(CC(=O)O)CC1.CN1CCN(C)CCN(C(CC(C)(C)C)C(=O)O)CCN(CC(=O)O)CC1.CN1CCN(C)CCN(CC(=O)C(C)(C)C)CCN(CC(=O)O)CC1.O=C=O.O=C=O.O=C=O.O=C=O.O=C=O.O=C=O. The van der Waals surface area contributed by atoms with E-state index in [9.17, 15) is 49.2 Å². The molecule has 0 spiro atoms. The van der Waals surface area contributed by atoms with Gasteiger partial charge in [0.15, 0.2) is 5.78 Å². The lowest BCUT2D eigenvalue weighted by Crippen LogP contribution is -2.51. The van der Waals surface area contributed by atoms with E-state index in [0.717, 1.165) is 98.0 Å². The van der Waals surface area contributed by atoms with Gasteiger partial charge < -0.3 is 54.9 Å². The van der Waals surface area contributed by atoms with Crippen LogP contribution in [0.4, 0.5) is 0 Å². The van der Waals surface area contributed by atoms with Gasteiger partial charge in [-0.05, 0) is 66.0 Å². The lowest BCUT2D eigenvalue weighted by atomic mass is 9.87. The summed E-state index contributed by atoms with van der Waals surface area (Å²) >= 11 is 0. The molecule has 3 heterocycles. The predicted molar refractivity (Wildman–Crippen MR) is 342 cm³/mol. The van der Waals surface area contributed by atoms with E-state index >= 15 is 0 Å². The number of carbonyl (C=O) groups excluding carboxylic acids is 13. The van der Waals surface area contributed by atoms with Crippen LogP contribution < -0.4 is 0 Å². The lowest BCUT2D eigenvalue weighted by molar-refractivity contribution is -0.193. The maximum absolute atomic E-state index is 12.4. The van der Waals surface area contributed by atoms with Crippen molar-refractivity contribution in [1.29, 1.82) is 0 Å². The molecule has 5 N–H and O–H groups in total. The molecule has 2 unspecified atom stereocenters. The number of carboxylic acids is 5. The van der Waals surface area contributed by atoms with E-state index in [4.69, 9.17) is 62.6 Å². The molecule has 3 rings (SSSR count). The van der Waals surface area contributed by atoms with Crippen molar-refractivity contribution in [1.82, 2.24) is 58.8 Å². The number of likely N-dealkylation sites (N-methyl/N-ethyl adjacent to an activating group) is 6. The molecule has 558 valence electrons. The van der Waals surface area contributed by atoms with E-state index in [1.807, 2.05) is 45.3 Å². The number of aliphatic carboxylic acids is 5. The summed E-state index contributed by atoms with van der Waals surface area (Å²) in [6.07, 6.45) is 2.95. The quantitative estimate of drug-likeness (QED) is 0.120. The number of hydrogen-bond acceptors (Lipinski definition) is 30. The molecule has 0 saturated carbocycles. The van der Waals surface area contributed by atoms with Crippen LogP contribution in [0.3, 0.4) is 0 Å². The van der Waals surface area contributed by atoms with E-state index in [0.29, 0.717) is 71.9 Å². The Balaban J connectivity index is -0.000000284. The van der Waals surface area contributed by atoms with Crippen LogP contribution >= 0.6 is 0 Å². The van der Waals surface area contributed by atoms with Crippen LogP contribution in [-0.2, 0) is 86.3 Å². The van der Waals surface area contributed by atoms with Crippen LogP contribution in [-0.4, -0.2) is 394 Å². The Morgan fingerprint density at radius 2 is 0.577 bits per heavy atom. The molecule has 2 atom stereocenters. The van der Waals surface area contributed by atoms with Gasteiger partial charge in [0.1, 0.15) is 6.04 Å². The van der Waals surface area contributed by atoms with Gasteiger partial charge in [0.2, 0.25) is 0 Å². The van der Waals surface area contributed by atoms with Crippen molar-refractivity contribution in [2.24, 2.45) is 16.2 Å². The van der Waals surface area contributed by atoms with Crippen LogP contribution in [0.1, 0.15) is 75.2 Å². The first-order chi connectivity index (χ1) is 45.0. The zero-order valence-corrected chi connectivity index (χ0v) is 59.8. The topological polar surface area (TPSA) is 447 Å². The van der Waals surface area contributed by atoms with Crippen LogP contribution in [0.2, 0.25) is 0 Å². The molecule has 0 aromatic heterocycles. The molecule has 0 bridgehead atoms. The van der Waals surface area contributed by atoms with Crippen LogP contribution in [0.5, 0.6) is 0 Å². The molecule has 0 aliphatic carbocycles. The van der Waals surface area contributed by atoms with Gasteiger partial charge in [-0.3, -0.25) is 58.2 Å². The van der Waals surface area contributed by atoms with Gasteiger partial charge in [0, 0.05) is 162 Å². The molecule has 3 aliphatic rings. The Labute approximate surface area is 570 Å². The summed E-state index contributed by atoms with van der Waals surface area (Å²) in [6, 6.07) is -0.446. The van der Waals surface area contributed by atoms with Gasteiger partial charge >= 0.3 is 66.8 Å². The van der Waals surface area contributed by atoms with Gasteiger partial charge in [-0.2, -0.15) is 57.5 Å². The van der Waals surface area contributed by atoms with Gasteiger partial charge in [-0.25, -0.2) is 0 Å². The highest BCUT2D eigenvalue weighted by molar-refractivity contribution is 5.85. The molecule has 0 amide bonds. The van der Waals surface area contributed by atoms with Gasteiger partial charge in [-0.1, -0.05) is 62.3 Å². The molecule has 0 radical (unpaired) electrons. The number of carboxylic acid groups (broad SMARTS) is 5. The minimum Gasteiger partial charge on any atom is -0.480 e. The first-order valence-corrected chi connectivity index (χ1v) is 31.1. The van der Waals surface area contributed by atoms with Crippen molar-refractivity contribution in [3.05, 3.63) is 0 Å². The second kappa shape index (κ2) is 60.0. The summed E-state index contributed by atoms with van der Waals surface area (Å²) in [5.41, 5.74) is -0.363. The standard InChI is InChI=1S/2C19H38N4O4.C18H36N4O3.6CO2/c1-19(2,3)14-16(18(26)27)23-12-9-21(5)7-6-20(4)8-10-22(11-13-23)15-17(24)25;1-19(2,3)12-16-13-21(5)7-6-20(4)8-9-22(14-17(24)25)10-11-23(16)15-18(26)27;1-18(2,3)16(23)14-21-10-8-19(4)6-7-20(5)9-11-22(13-12-21)15-17(24)25;6*2-1-3/h2*16H,6-15H2,1-5H3,(H,24,25)(H,26,27);6-15H2,1-5H3,(H,24,25);;;;;;. The molecular weight excluding hydrogens is 1280 g/mol. The average molecular weight is 1390 g/mol. The lowest BCUT2D eigenvalue weighted by Gasteiger charge is -2.39. The average Bonchev–Trinajstić information content (AvgIpc) is 1.05. The summed E-state index contributed by atoms with van der Waals surface area (Å²) in [5, 5.41) is 46.8. The van der Waals surface area contributed by atoms with Crippen molar-refractivity contribution in [3.8, 4) is 0 Å². The van der Waals surface area contributed by atoms with Crippen LogP contribution in [0.25, 0.3) is 0 Å². The minimum atomic E-state index is -0.847. The zero-order valence-electron chi connectivity index (χ0n) is 59.8. The third kappa shape index (κ3) is 67.2. The third-order valence-corrected chi connectivity index (χ3v) is 14.7. The van der Waals surface area contributed by atoms with Crippen molar-refractivity contribution in [3.63, 3.8) is 0 Å². The maximum atomic E-state index is 12.4. The van der Waals surface area contributed by atoms with E-state index in [1.54, 1.807) is 0 Å². The summed E-state index contributed by atoms with van der Waals surface area (Å²) in [5.74, 6) is -3.91. The second-order valence-corrected chi connectivity index (χ2v) is 26.7. The summed E-state index contributed by atoms with van der Waals surface area (Å²) in [6.45, 7) is 36.6. The first kappa shape index (κ1) is 101. The van der Waals surface area contributed by atoms with E-state index in [-0.39, 0.29) is 91.2 Å². The van der Waals surface area contributed by atoms with Crippen molar-refractivity contribution < 1.29 is 112 Å². The van der Waals surface area contributed by atoms with Crippen LogP contribution in [0.15, 0.2) is 0 Å². The van der Waals surface area contributed by atoms with E-state index in [1.165, 1.54) is 0 Å². The van der Waals surface area contributed by atoms with Gasteiger partial charge in [-0.15, -0.1) is 0 Å². The monoisotopic (exact) mass is 1390 g/mol. The fourth-order valence-electron chi connectivity index (χ4n) is 9.45. The Hall–Kier alpha value is -7.18. The van der Waals surface area contributed by atoms with Gasteiger partial charge in [0.05, 0.1) is 32.7 Å². The molecule has 35 nitrogen and oxygen atoms in total. The molecular formula is C62H112N12O23. The van der Waals surface area contributed by atoms with Gasteiger partial charge in [0.25, 0.3) is 0 Å². The first-order valence-electron chi connectivity index (χ1n) is 31.1. The molecule has 0 aromatic carbocycles. The minimum absolute atomic E-state index is 0.0153. The Kier molecular flexibility index (Phi) is 62.4. The van der Waals surface area contributed by atoms with E-state index < -0.39 is 35.9 Å². The molecule has 35 heteroatoms. The molecule has 3 aliphatic heterocycles. The Morgan fingerprint density at radius 1 is 0.340 bits per heavy atom. The predicted octanol–water partition coefficient (Wildman–Crippen LogP) is -2.45. The zero-order chi connectivity index (χ0) is 76.5. The number of ketones is 1. The molecule has 97 heavy (non-hydrogen) atoms. The fourth-order valence-corrected chi connectivity index (χ4v) is 9.45. The molecule has 3 fully saturated rings. The summed E-state index contributed by atoms with van der Waals surface area (Å²) in [4.78, 5) is 192. The number of Topliss-reactive ketones (excluding diaryl/α,β-unsaturated/α-hetero) is 1. The summed E-state index contributed by atoms with van der Waals surface area (Å²) < 4.78 is 0. The normalized spacial score (nSPS) is 18.7. The highest BCUT2D eigenvalue weighted by Gasteiger charge is 2.32. The highest BCUT2D eigenvalue weighted by Crippen LogP contribution is 2.26. The smallest absolute Gasteiger partial charge is 0.373 e. The molecule has 3 saturated heterocycles. The van der Waals surface area contributed by atoms with Crippen LogP contribution in [0, 0.1) is 16.2 Å². The maximum Gasteiger partial charge on any atom is 0.373 e. The number of carbonyl (C=O) groups is 6. The number of nitrogens with zero attached hydrogens (tertiary/aromatic N) is 12. The largest absolute Gasteiger partial charge is 0.480 e. The van der Waals surface area contributed by atoms with E-state index in [2.05, 4.69) is 118 Å². The van der Waals surface area contributed by atoms with Crippen molar-refractivity contribution in [2.75, 3.05) is 226 Å². The second-order valence-electron chi connectivity index (χ2n) is 26.7. The van der Waals surface area contributed by atoms with Crippen molar-refractivity contribution in [2.45, 2.75) is 87.2 Å². The summed E-state index contributed by atoms with van der Waals surface area (Å²) in [7, 11) is 12.4. The van der Waals surface area contributed by atoms with Crippen molar-refractivity contribution >= 4 is 72.5 Å². The third-order valence-electron chi connectivity index (χ3n) is 14.7. The fraction of sp³-hybridized carbons (Fsp3) is 0.806. The number of hydrogen-bond donors (Lipinski definition) is 5. The molecule has 0 aromatic rings. The highest BCUT2D eigenvalue weighted by atomic mass is 16.4. The number of rotatable bonds is 14.